The van der Waals surface area contributed by atoms with Crippen molar-refractivity contribution < 1.29 is 18.9 Å². The monoisotopic (exact) mass is 369 g/mol. The van der Waals surface area contributed by atoms with Crippen LogP contribution in [0.5, 0.6) is 23.0 Å². The van der Waals surface area contributed by atoms with E-state index in [1.807, 2.05) is 0 Å². The molecule has 1 unspecified atom stereocenters. The highest BCUT2D eigenvalue weighted by Gasteiger charge is 2.35. The van der Waals surface area contributed by atoms with Gasteiger partial charge < -0.3 is 18.9 Å². The van der Waals surface area contributed by atoms with Crippen molar-refractivity contribution in [2.75, 3.05) is 35.0 Å². The van der Waals surface area contributed by atoms with Crippen molar-refractivity contribution in [2.24, 2.45) is 0 Å². The number of hydrogen-bond donors (Lipinski definition) is 0. The molecule has 0 radical (unpaired) electrons. The Morgan fingerprint density at radius 3 is 2.22 bits per heavy atom. The number of hydrogen-bond acceptors (Lipinski definition) is 5. The van der Waals surface area contributed by atoms with E-state index < -0.39 is 0 Å². The molecular formula is C22H27NO4. The van der Waals surface area contributed by atoms with E-state index in [9.17, 15) is 0 Å². The molecule has 0 aliphatic carbocycles. The molecular weight excluding hydrogens is 342 g/mol. The number of benzene rings is 2. The van der Waals surface area contributed by atoms with E-state index in [0.717, 1.165) is 54.5 Å². The molecule has 0 spiro atoms. The lowest BCUT2D eigenvalue weighted by Gasteiger charge is -2.42. The summed E-state index contributed by atoms with van der Waals surface area (Å²) in [6.45, 7) is 3.97. The number of aryl methyl sites for hydroxylation is 1. The first-order valence-electron chi connectivity index (χ1n) is 9.33. The zero-order valence-corrected chi connectivity index (χ0v) is 16.7. The highest BCUT2D eigenvalue weighted by molar-refractivity contribution is 5.57. The Morgan fingerprint density at radius 2 is 1.56 bits per heavy atom. The predicted molar refractivity (Wildman–Crippen MR) is 104 cm³/mol. The lowest BCUT2D eigenvalue weighted by Crippen LogP contribution is -2.39. The van der Waals surface area contributed by atoms with Crippen LogP contribution < -0.4 is 18.9 Å². The summed E-state index contributed by atoms with van der Waals surface area (Å²) in [5.41, 5.74) is 6.41. The molecule has 1 atom stereocenters. The third kappa shape index (κ3) is 2.81. The molecule has 0 bridgehead atoms. The topological polar surface area (TPSA) is 40.2 Å². The standard InChI is InChI=1S/C22H27NO4/c1-13-8-15-9-18-16-11-20(25-3)19(24-2)10-14(16)6-7-23(18)12-17(15)22(27-5)21(13)26-4/h8,10-11,18H,6-7,9,12H2,1-5H3. The molecule has 144 valence electrons. The predicted octanol–water partition coefficient (Wildman–Crippen LogP) is 3.68. The molecule has 0 N–H and O–H groups in total. The molecule has 2 aliphatic rings. The Labute approximate surface area is 160 Å². The van der Waals surface area contributed by atoms with Gasteiger partial charge in [-0.1, -0.05) is 6.07 Å². The summed E-state index contributed by atoms with van der Waals surface area (Å²) in [5, 5.41) is 0. The molecule has 0 aromatic heterocycles. The molecule has 2 aromatic rings. The van der Waals surface area contributed by atoms with Gasteiger partial charge in [0.2, 0.25) is 0 Å². The molecule has 0 saturated heterocycles. The Balaban J connectivity index is 1.79. The van der Waals surface area contributed by atoms with Crippen LogP contribution in [0.25, 0.3) is 0 Å². The van der Waals surface area contributed by atoms with E-state index in [1.54, 1.807) is 28.4 Å². The molecule has 5 heteroatoms. The van der Waals surface area contributed by atoms with E-state index in [2.05, 4.69) is 30.0 Å². The third-order valence-corrected chi connectivity index (χ3v) is 5.91. The van der Waals surface area contributed by atoms with Crippen molar-refractivity contribution in [1.82, 2.24) is 4.90 Å². The van der Waals surface area contributed by atoms with Gasteiger partial charge in [-0.05, 0) is 54.2 Å². The summed E-state index contributed by atoms with van der Waals surface area (Å²) in [7, 11) is 6.83. The van der Waals surface area contributed by atoms with Gasteiger partial charge in [0, 0.05) is 24.7 Å². The molecule has 4 rings (SSSR count). The van der Waals surface area contributed by atoms with Gasteiger partial charge in [-0.15, -0.1) is 0 Å². The lowest BCUT2D eigenvalue weighted by atomic mass is 9.83. The second-order valence-electron chi connectivity index (χ2n) is 7.24. The molecule has 0 fully saturated rings. The van der Waals surface area contributed by atoms with E-state index in [0.29, 0.717) is 6.04 Å². The Kier molecular flexibility index (Phi) is 4.64. The first kappa shape index (κ1) is 18.0. The van der Waals surface area contributed by atoms with Crippen LogP contribution in [-0.2, 0) is 19.4 Å². The number of fused-ring (bicyclic) bond motifs is 4. The van der Waals surface area contributed by atoms with Gasteiger partial charge in [-0.2, -0.15) is 0 Å². The fourth-order valence-corrected chi connectivity index (χ4v) is 4.62. The smallest absolute Gasteiger partial charge is 0.165 e. The third-order valence-electron chi connectivity index (χ3n) is 5.91. The van der Waals surface area contributed by atoms with Gasteiger partial charge in [-0.25, -0.2) is 0 Å². The molecule has 27 heavy (non-hydrogen) atoms. The zero-order chi connectivity index (χ0) is 19.1. The van der Waals surface area contributed by atoms with Crippen molar-refractivity contribution in [2.45, 2.75) is 32.4 Å². The van der Waals surface area contributed by atoms with Crippen LogP contribution in [0.3, 0.4) is 0 Å². The minimum atomic E-state index is 0.346. The maximum atomic E-state index is 5.74. The Hall–Kier alpha value is -2.40. The summed E-state index contributed by atoms with van der Waals surface area (Å²) in [6.07, 6.45) is 1.96. The molecule has 2 aliphatic heterocycles. The Morgan fingerprint density at radius 1 is 0.852 bits per heavy atom. The van der Waals surface area contributed by atoms with Crippen molar-refractivity contribution in [3.8, 4) is 23.0 Å². The number of nitrogens with zero attached hydrogens (tertiary/aromatic N) is 1. The molecule has 0 amide bonds. The highest BCUT2D eigenvalue weighted by Crippen LogP contribution is 2.46. The van der Waals surface area contributed by atoms with Crippen LogP contribution in [0, 0.1) is 6.92 Å². The molecule has 2 aromatic carbocycles. The quantitative estimate of drug-likeness (QED) is 0.822. The summed E-state index contributed by atoms with van der Waals surface area (Å²) in [6, 6.07) is 6.90. The van der Waals surface area contributed by atoms with Crippen LogP contribution in [0.15, 0.2) is 18.2 Å². The Bertz CT molecular complexity index is 877. The largest absolute Gasteiger partial charge is 0.493 e. The fourth-order valence-electron chi connectivity index (χ4n) is 4.62. The fraction of sp³-hybridized carbons (Fsp3) is 0.455. The minimum absolute atomic E-state index is 0.346. The number of methoxy groups -OCH3 is 4. The van der Waals surface area contributed by atoms with Crippen LogP contribution in [0.2, 0.25) is 0 Å². The first-order chi connectivity index (χ1) is 13.1. The van der Waals surface area contributed by atoms with Crippen LogP contribution in [-0.4, -0.2) is 39.9 Å². The van der Waals surface area contributed by atoms with Crippen molar-refractivity contribution in [3.63, 3.8) is 0 Å². The summed E-state index contributed by atoms with van der Waals surface area (Å²) in [5.74, 6) is 3.33. The molecule has 0 saturated carbocycles. The maximum Gasteiger partial charge on any atom is 0.165 e. The van der Waals surface area contributed by atoms with Gasteiger partial charge in [0.05, 0.1) is 28.4 Å². The zero-order valence-electron chi connectivity index (χ0n) is 16.7. The van der Waals surface area contributed by atoms with Gasteiger partial charge in [-0.3, -0.25) is 4.90 Å². The SMILES string of the molecule is COc1cc2c(cc1OC)C1Cc3cc(C)c(OC)c(OC)c3CN1CC2. The highest BCUT2D eigenvalue weighted by atomic mass is 16.5. The average Bonchev–Trinajstić information content (AvgIpc) is 2.70. The van der Waals surface area contributed by atoms with Gasteiger partial charge in [0.15, 0.2) is 23.0 Å². The number of rotatable bonds is 4. The summed E-state index contributed by atoms with van der Waals surface area (Å²) >= 11 is 0. The van der Waals surface area contributed by atoms with Crippen LogP contribution in [0.1, 0.15) is 33.9 Å². The first-order valence-corrected chi connectivity index (χ1v) is 9.33. The normalized spacial score (nSPS) is 18.2. The van der Waals surface area contributed by atoms with Crippen molar-refractivity contribution in [1.29, 1.82) is 0 Å². The second-order valence-corrected chi connectivity index (χ2v) is 7.24. The van der Waals surface area contributed by atoms with Crippen LogP contribution in [0.4, 0.5) is 0 Å². The van der Waals surface area contributed by atoms with E-state index >= 15 is 0 Å². The van der Waals surface area contributed by atoms with Crippen LogP contribution >= 0.6 is 0 Å². The van der Waals surface area contributed by atoms with Gasteiger partial charge in [0.25, 0.3) is 0 Å². The second kappa shape index (κ2) is 6.97. The summed E-state index contributed by atoms with van der Waals surface area (Å²) < 4.78 is 22.4. The van der Waals surface area contributed by atoms with Crippen molar-refractivity contribution >= 4 is 0 Å². The lowest BCUT2D eigenvalue weighted by molar-refractivity contribution is 0.157. The van der Waals surface area contributed by atoms with Crippen molar-refractivity contribution in [3.05, 3.63) is 46.0 Å². The van der Waals surface area contributed by atoms with E-state index in [1.165, 1.54) is 22.3 Å². The van der Waals surface area contributed by atoms with Gasteiger partial charge in [0.1, 0.15) is 0 Å². The molecule has 5 nitrogen and oxygen atoms in total. The average molecular weight is 369 g/mol. The van der Waals surface area contributed by atoms with E-state index in [4.69, 9.17) is 18.9 Å². The van der Waals surface area contributed by atoms with Gasteiger partial charge >= 0.3 is 0 Å². The maximum absolute atomic E-state index is 5.74. The molecule has 2 heterocycles. The number of ether oxygens (including phenoxy) is 4. The van der Waals surface area contributed by atoms with E-state index in [-0.39, 0.29) is 0 Å². The minimum Gasteiger partial charge on any atom is -0.493 e. The summed E-state index contributed by atoms with van der Waals surface area (Å²) in [4.78, 5) is 2.54.